The molecule has 0 bridgehead atoms. The molecule has 20 heavy (non-hydrogen) atoms. The maximum absolute atomic E-state index is 11.0. The Balaban J connectivity index is 1.92. The first-order valence-electron chi connectivity index (χ1n) is 6.28. The van der Waals surface area contributed by atoms with Crippen molar-refractivity contribution in [1.82, 2.24) is 0 Å². The van der Waals surface area contributed by atoms with Gasteiger partial charge in [0.05, 0.1) is 19.3 Å². The maximum Gasteiger partial charge on any atom is 0.171 e. The summed E-state index contributed by atoms with van der Waals surface area (Å²) >= 11 is 1.71. The van der Waals surface area contributed by atoms with Crippen molar-refractivity contribution in [3.63, 3.8) is 0 Å². The number of carbonyl (C=O) groups excluding carboxylic acids is 1. The molecular formula is C16H16O3S. The first-order valence-corrected chi connectivity index (χ1v) is 7.26. The van der Waals surface area contributed by atoms with Gasteiger partial charge in [0, 0.05) is 10.6 Å². The Bertz CT molecular complexity index is 555. The molecule has 0 aromatic heterocycles. The Hall–Kier alpha value is -1.94. The van der Waals surface area contributed by atoms with E-state index in [4.69, 9.17) is 9.47 Å². The van der Waals surface area contributed by atoms with Gasteiger partial charge in [-0.1, -0.05) is 24.3 Å². The molecule has 0 fully saturated rings. The van der Waals surface area contributed by atoms with E-state index in [9.17, 15) is 4.79 Å². The summed E-state index contributed by atoms with van der Waals surface area (Å²) in [5.74, 6) is 1.90. The number of carbonyl (C=O) groups is 1. The lowest BCUT2D eigenvalue weighted by molar-refractivity contribution is 0.111. The van der Waals surface area contributed by atoms with Crippen molar-refractivity contribution < 1.29 is 14.3 Å². The molecule has 4 heteroatoms. The Labute approximate surface area is 122 Å². The second-order valence-corrected chi connectivity index (χ2v) is 5.17. The fraction of sp³-hybridized carbons (Fsp3) is 0.188. The van der Waals surface area contributed by atoms with E-state index in [2.05, 4.69) is 12.1 Å². The van der Waals surface area contributed by atoms with E-state index < -0.39 is 0 Å². The number of rotatable bonds is 7. The fourth-order valence-corrected chi connectivity index (χ4v) is 2.51. The molecule has 3 nitrogen and oxygen atoms in total. The van der Waals surface area contributed by atoms with Crippen molar-refractivity contribution in [2.45, 2.75) is 4.90 Å². The third-order valence-corrected chi connectivity index (χ3v) is 3.67. The topological polar surface area (TPSA) is 35.5 Å². The highest BCUT2D eigenvalue weighted by atomic mass is 32.2. The van der Waals surface area contributed by atoms with Crippen LogP contribution in [0.1, 0.15) is 10.4 Å². The van der Waals surface area contributed by atoms with Crippen LogP contribution in [0.4, 0.5) is 0 Å². The average Bonchev–Trinajstić information content (AvgIpc) is 2.52. The van der Waals surface area contributed by atoms with Gasteiger partial charge in [-0.15, -0.1) is 11.8 Å². The van der Waals surface area contributed by atoms with Crippen molar-refractivity contribution in [3.05, 3.63) is 54.1 Å². The Morgan fingerprint density at radius 1 is 1.10 bits per heavy atom. The van der Waals surface area contributed by atoms with Crippen LogP contribution in [0.25, 0.3) is 0 Å². The number of methoxy groups -OCH3 is 1. The van der Waals surface area contributed by atoms with Crippen LogP contribution < -0.4 is 9.47 Å². The Kier molecular flexibility index (Phi) is 5.50. The number of ether oxygens (including phenoxy) is 2. The smallest absolute Gasteiger partial charge is 0.171 e. The molecule has 0 saturated heterocycles. The molecule has 0 spiro atoms. The minimum Gasteiger partial charge on any atom is -0.493 e. The summed E-state index contributed by atoms with van der Waals surface area (Å²) in [5, 5.41) is 0. The maximum atomic E-state index is 11.0. The predicted octanol–water partition coefficient (Wildman–Crippen LogP) is 3.68. The van der Waals surface area contributed by atoms with Crippen LogP contribution in [0.15, 0.2) is 53.4 Å². The SMILES string of the molecule is COc1cccc(C=O)c1OCCSc1ccccc1. The van der Waals surface area contributed by atoms with E-state index >= 15 is 0 Å². The normalized spacial score (nSPS) is 10.1. The number of aldehydes is 1. The molecule has 0 saturated carbocycles. The van der Waals surface area contributed by atoms with Crippen molar-refractivity contribution in [2.75, 3.05) is 19.5 Å². The van der Waals surface area contributed by atoms with Crippen LogP contribution in [-0.4, -0.2) is 25.8 Å². The third kappa shape index (κ3) is 3.78. The summed E-state index contributed by atoms with van der Waals surface area (Å²) in [4.78, 5) is 12.2. The molecule has 0 aliphatic carbocycles. The minimum atomic E-state index is 0.508. The van der Waals surface area contributed by atoms with E-state index in [0.717, 1.165) is 12.0 Å². The monoisotopic (exact) mass is 288 g/mol. The molecule has 0 N–H and O–H groups in total. The quantitative estimate of drug-likeness (QED) is 0.442. The molecule has 2 aromatic rings. The zero-order chi connectivity index (χ0) is 14.2. The van der Waals surface area contributed by atoms with Gasteiger partial charge in [0.15, 0.2) is 17.8 Å². The van der Waals surface area contributed by atoms with Gasteiger partial charge >= 0.3 is 0 Å². The van der Waals surface area contributed by atoms with Crippen molar-refractivity contribution in [2.24, 2.45) is 0 Å². The highest BCUT2D eigenvalue weighted by Gasteiger charge is 2.09. The Morgan fingerprint density at radius 3 is 2.60 bits per heavy atom. The summed E-state index contributed by atoms with van der Waals surface area (Å²) < 4.78 is 10.9. The summed E-state index contributed by atoms with van der Waals surface area (Å²) in [6, 6.07) is 15.4. The highest BCUT2D eigenvalue weighted by Crippen LogP contribution is 2.30. The largest absolute Gasteiger partial charge is 0.493 e. The standard InChI is InChI=1S/C16H16O3S/c1-18-15-9-5-6-13(12-17)16(15)19-10-11-20-14-7-3-2-4-8-14/h2-9,12H,10-11H2,1H3. The molecule has 0 unspecified atom stereocenters. The van der Waals surface area contributed by atoms with E-state index in [1.165, 1.54) is 4.90 Å². The number of benzene rings is 2. The number of para-hydroxylation sites is 1. The average molecular weight is 288 g/mol. The molecule has 0 amide bonds. The molecule has 104 valence electrons. The van der Waals surface area contributed by atoms with Crippen LogP contribution in [0, 0.1) is 0 Å². The zero-order valence-corrected chi connectivity index (χ0v) is 12.1. The van der Waals surface area contributed by atoms with Crippen LogP contribution in [0.2, 0.25) is 0 Å². The van der Waals surface area contributed by atoms with E-state index in [0.29, 0.717) is 23.7 Å². The van der Waals surface area contributed by atoms with Crippen molar-refractivity contribution >= 4 is 18.0 Å². The van der Waals surface area contributed by atoms with Gasteiger partial charge in [-0.25, -0.2) is 0 Å². The lowest BCUT2D eigenvalue weighted by Gasteiger charge is -2.12. The van der Waals surface area contributed by atoms with Gasteiger partial charge in [-0.2, -0.15) is 0 Å². The summed E-state index contributed by atoms with van der Waals surface area (Å²) in [6.45, 7) is 0.515. The number of thioether (sulfide) groups is 1. The predicted molar refractivity (Wildman–Crippen MR) is 81.0 cm³/mol. The van der Waals surface area contributed by atoms with Gasteiger partial charge in [-0.05, 0) is 24.3 Å². The number of hydrogen-bond acceptors (Lipinski definition) is 4. The summed E-state index contributed by atoms with van der Waals surface area (Å²) in [6.07, 6.45) is 0.780. The summed E-state index contributed by atoms with van der Waals surface area (Å²) in [5.41, 5.74) is 0.508. The van der Waals surface area contributed by atoms with Crippen LogP contribution in [0.3, 0.4) is 0 Å². The second kappa shape index (κ2) is 7.60. The third-order valence-electron chi connectivity index (χ3n) is 2.70. The number of hydrogen-bond donors (Lipinski definition) is 0. The molecule has 0 aliphatic heterocycles. The fourth-order valence-electron chi connectivity index (χ4n) is 1.76. The Morgan fingerprint density at radius 2 is 1.90 bits per heavy atom. The lowest BCUT2D eigenvalue weighted by atomic mass is 10.2. The van der Waals surface area contributed by atoms with Gasteiger partial charge in [0.2, 0.25) is 0 Å². The lowest BCUT2D eigenvalue weighted by Crippen LogP contribution is -2.04. The van der Waals surface area contributed by atoms with Gasteiger partial charge in [0.1, 0.15) is 0 Å². The second-order valence-electron chi connectivity index (χ2n) is 4.01. The zero-order valence-electron chi connectivity index (χ0n) is 11.2. The minimum absolute atomic E-state index is 0.508. The van der Waals surface area contributed by atoms with E-state index in [1.807, 2.05) is 18.2 Å². The summed E-state index contributed by atoms with van der Waals surface area (Å²) in [7, 11) is 1.56. The van der Waals surface area contributed by atoms with Crippen LogP contribution >= 0.6 is 11.8 Å². The van der Waals surface area contributed by atoms with Crippen molar-refractivity contribution in [3.8, 4) is 11.5 Å². The van der Waals surface area contributed by atoms with E-state index in [1.54, 1.807) is 37.1 Å². The molecule has 0 atom stereocenters. The highest BCUT2D eigenvalue weighted by molar-refractivity contribution is 7.99. The van der Waals surface area contributed by atoms with Crippen molar-refractivity contribution in [1.29, 1.82) is 0 Å². The molecule has 2 aromatic carbocycles. The van der Waals surface area contributed by atoms with Crippen LogP contribution in [-0.2, 0) is 0 Å². The molecule has 2 rings (SSSR count). The van der Waals surface area contributed by atoms with Gasteiger partial charge in [0.25, 0.3) is 0 Å². The molecular weight excluding hydrogens is 272 g/mol. The molecule has 0 aliphatic rings. The molecule has 0 radical (unpaired) electrons. The van der Waals surface area contributed by atoms with Gasteiger partial charge in [-0.3, -0.25) is 4.79 Å². The van der Waals surface area contributed by atoms with Crippen LogP contribution in [0.5, 0.6) is 11.5 Å². The first-order chi connectivity index (χ1) is 9.85. The van der Waals surface area contributed by atoms with Gasteiger partial charge < -0.3 is 9.47 Å². The van der Waals surface area contributed by atoms with E-state index in [-0.39, 0.29) is 0 Å². The first kappa shape index (κ1) is 14.5. The molecule has 0 heterocycles.